The summed E-state index contributed by atoms with van der Waals surface area (Å²) in [6.45, 7) is 1.90. The van der Waals surface area contributed by atoms with Crippen molar-refractivity contribution in [3.63, 3.8) is 0 Å². The highest BCUT2D eigenvalue weighted by molar-refractivity contribution is 7.74. The van der Waals surface area contributed by atoms with Gasteiger partial charge in [0.15, 0.2) is 5.76 Å². The first-order valence-electron chi connectivity index (χ1n) is 9.59. The maximum atomic E-state index is 11.6. The Bertz CT molecular complexity index is 1040. The van der Waals surface area contributed by atoms with Gasteiger partial charge in [-0.05, 0) is 18.9 Å². The van der Waals surface area contributed by atoms with Crippen molar-refractivity contribution in [1.82, 2.24) is 0 Å². The van der Waals surface area contributed by atoms with Gasteiger partial charge in [-0.2, -0.15) is 4.21 Å². The SMILES string of the molecule is Cc1ccc(C(OS(=O)O)C2C=CC([N+](=O)[O-])=C(C3=COC(CCC(=O)O)=CO3)C2)cc1. The molecule has 1 heterocycles. The molecular weight excluding hydrogens is 442 g/mol. The topological polar surface area (TPSA) is 145 Å². The number of carbonyl (C=O) groups is 1. The van der Waals surface area contributed by atoms with Crippen LogP contribution in [0.15, 0.2) is 71.7 Å². The quantitative estimate of drug-likeness (QED) is 0.316. The molecule has 170 valence electrons. The fourth-order valence-electron chi connectivity index (χ4n) is 3.35. The number of nitro groups is 1. The summed E-state index contributed by atoms with van der Waals surface area (Å²) in [7, 11) is 0. The zero-order valence-electron chi connectivity index (χ0n) is 17.0. The second-order valence-corrected chi connectivity index (χ2v) is 7.82. The van der Waals surface area contributed by atoms with Crippen LogP contribution in [0.4, 0.5) is 0 Å². The molecule has 3 unspecified atom stereocenters. The van der Waals surface area contributed by atoms with Gasteiger partial charge in [-0.1, -0.05) is 35.9 Å². The smallest absolute Gasteiger partial charge is 0.303 e. The summed E-state index contributed by atoms with van der Waals surface area (Å²) in [5, 5.41) is 20.4. The first-order valence-corrected chi connectivity index (χ1v) is 10.6. The Morgan fingerprint density at radius 3 is 2.59 bits per heavy atom. The van der Waals surface area contributed by atoms with E-state index in [9.17, 15) is 23.7 Å². The van der Waals surface area contributed by atoms with Crippen molar-refractivity contribution < 1.29 is 37.2 Å². The van der Waals surface area contributed by atoms with E-state index >= 15 is 0 Å². The van der Waals surface area contributed by atoms with Crippen LogP contribution in [0, 0.1) is 23.0 Å². The highest BCUT2D eigenvalue weighted by Crippen LogP contribution is 2.39. The first-order chi connectivity index (χ1) is 15.2. The lowest BCUT2D eigenvalue weighted by atomic mass is 9.84. The van der Waals surface area contributed by atoms with Crippen LogP contribution in [0.3, 0.4) is 0 Å². The molecule has 0 aromatic heterocycles. The van der Waals surface area contributed by atoms with Gasteiger partial charge in [-0.25, -0.2) is 0 Å². The van der Waals surface area contributed by atoms with Crippen molar-refractivity contribution in [1.29, 1.82) is 0 Å². The van der Waals surface area contributed by atoms with Gasteiger partial charge in [0.25, 0.3) is 5.70 Å². The number of benzene rings is 1. The molecule has 0 amide bonds. The van der Waals surface area contributed by atoms with Gasteiger partial charge in [-0.3, -0.25) is 23.6 Å². The number of allylic oxidation sites excluding steroid dienone is 3. The number of hydrogen-bond donors (Lipinski definition) is 2. The highest BCUT2D eigenvalue weighted by atomic mass is 32.2. The normalized spacial score (nSPS) is 19.9. The predicted octanol–water partition coefficient (Wildman–Crippen LogP) is 3.89. The average Bonchev–Trinajstić information content (AvgIpc) is 2.76. The Hall–Kier alpha value is -3.28. The van der Waals surface area contributed by atoms with Gasteiger partial charge < -0.3 is 14.6 Å². The number of nitrogens with zero attached hydrogens (tertiary/aromatic N) is 1. The summed E-state index contributed by atoms with van der Waals surface area (Å²) in [5.41, 5.74) is 1.66. The van der Waals surface area contributed by atoms with E-state index in [1.165, 1.54) is 18.6 Å². The predicted molar refractivity (Wildman–Crippen MR) is 112 cm³/mol. The van der Waals surface area contributed by atoms with Crippen molar-refractivity contribution in [3.05, 3.63) is 93.0 Å². The van der Waals surface area contributed by atoms with Crippen molar-refractivity contribution in [3.8, 4) is 0 Å². The second kappa shape index (κ2) is 10.4. The van der Waals surface area contributed by atoms with E-state index in [1.54, 1.807) is 18.2 Å². The van der Waals surface area contributed by atoms with Crippen LogP contribution < -0.4 is 0 Å². The lowest BCUT2D eigenvalue weighted by Gasteiger charge is -2.27. The van der Waals surface area contributed by atoms with E-state index < -0.39 is 34.3 Å². The molecule has 32 heavy (non-hydrogen) atoms. The third-order valence-electron chi connectivity index (χ3n) is 4.95. The maximum Gasteiger partial charge on any atom is 0.303 e. The molecule has 1 aliphatic heterocycles. The minimum absolute atomic E-state index is 0.0794. The van der Waals surface area contributed by atoms with Crippen LogP contribution in [0.2, 0.25) is 0 Å². The number of aryl methyl sites for hydroxylation is 1. The van der Waals surface area contributed by atoms with E-state index in [1.807, 2.05) is 19.1 Å². The molecule has 0 fully saturated rings. The van der Waals surface area contributed by atoms with E-state index in [2.05, 4.69) is 0 Å². The number of carboxylic acids is 1. The Morgan fingerprint density at radius 1 is 1.31 bits per heavy atom. The van der Waals surface area contributed by atoms with Crippen molar-refractivity contribution in [2.24, 2.45) is 5.92 Å². The summed E-state index contributed by atoms with van der Waals surface area (Å²) < 4.78 is 36.9. The molecule has 0 saturated carbocycles. The minimum atomic E-state index is -2.56. The van der Waals surface area contributed by atoms with Gasteiger partial charge in [0.2, 0.25) is 0 Å². The lowest BCUT2D eigenvalue weighted by molar-refractivity contribution is -0.420. The van der Waals surface area contributed by atoms with Crippen LogP contribution in [0.5, 0.6) is 0 Å². The standard InChI is InChI=1S/C21H21NO9S/c1-13-2-4-14(5-3-13)21(31-32(27)28)15-6-8-18(22(25)26)17(10-15)19-12-29-16(11-30-19)7-9-20(23)24/h2-6,8,11-12,15,21H,7,9-10H2,1H3,(H,23,24)(H,27,28). The van der Waals surface area contributed by atoms with Gasteiger partial charge in [0, 0.05) is 18.4 Å². The molecule has 2 aliphatic rings. The maximum absolute atomic E-state index is 11.6. The van der Waals surface area contributed by atoms with E-state index in [0.29, 0.717) is 5.56 Å². The Balaban J connectivity index is 1.85. The summed E-state index contributed by atoms with van der Waals surface area (Å²) in [6.07, 6.45) is 4.47. The molecule has 1 aliphatic carbocycles. The summed E-state index contributed by atoms with van der Waals surface area (Å²) in [4.78, 5) is 21.7. The molecule has 3 rings (SSSR count). The van der Waals surface area contributed by atoms with Gasteiger partial charge in [-0.15, -0.1) is 0 Å². The lowest BCUT2D eigenvalue weighted by Crippen LogP contribution is -2.21. The molecule has 10 nitrogen and oxygen atoms in total. The number of aliphatic carboxylic acids is 1. The number of ether oxygens (including phenoxy) is 2. The number of hydrogen-bond acceptors (Lipinski definition) is 7. The molecular formula is C21H21NO9S. The first kappa shape index (κ1) is 23.4. The van der Waals surface area contributed by atoms with Crippen molar-refractivity contribution in [2.45, 2.75) is 32.3 Å². The number of carboxylic acid groups (broad SMARTS) is 1. The Kier molecular flexibility index (Phi) is 7.57. The molecule has 0 bridgehead atoms. The van der Waals surface area contributed by atoms with Gasteiger partial charge in [0.1, 0.15) is 24.4 Å². The van der Waals surface area contributed by atoms with E-state index in [4.69, 9.17) is 18.8 Å². The van der Waals surface area contributed by atoms with Crippen LogP contribution >= 0.6 is 0 Å². The third kappa shape index (κ3) is 5.90. The molecule has 1 aromatic carbocycles. The number of rotatable bonds is 9. The van der Waals surface area contributed by atoms with E-state index in [0.717, 1.165) is 5.56 Å². The molecule has 0 spiro atoms. The highest BCUT2D eigenvalue weighted by Gasteiger charge is 2.34. The van der Waals surface area contributed by atoms with Gasteiger partial charge >= 0.3 is 17.3 Å². The van der Waals surface area contributed by atoms with Crippen LogP contribution in [0.1, 0.15) is 36.5 Å². The minimum Gasteiger partial charge on any atom is -0.481 e. The summed E-state index contributed by atoms with van der Waals surface area (Å²) >= 11 is -2.56. The van der Waals surface area contributed by atoms with Crippen LogP contribution in [0.25, 0.3) is 0 Å². The zero-order chi connectivity index (χ0) is 23.3. The van der Waals surface area contributed by atoms with E-state index in [-0.39, 0.29) is 42.1 Å². The third-order valence-corrected chi connectivity index (χ3v) is 5.32. The molecule has 2 N–H and O–H groups in total. The molecule has 0 radical (unpaired) electrons. The largest absolute Gasteiger partial charge is 0.481 e. The Labute approximate surface area is 186 Å². The fraction of sp³-hybridized carbons (Fsp3) is 0.286. The van der Waals surface area contributed by atoms with Crippen LogP contribution in [-0.2, 0) is 29.8 Å². The summed E-state index contributed by atoms with van der Waals surface area (Å²) in [5.74, 6) is -1.13. The second-order valence-electron chi connectivity index (χ2n) is 7.19. The molecule has 0 saturated heterocycles. The average molecular weight is 463 g/mol. The fourth-order valence-corrected chi connectivity index (χ4v) is 3.78. The Morgan fingerprint density at radius 2 is 2.03 bits per heavy atom. The van der Waals surface area contributed by atoms with Gasteiger partial charge in [0.05, 0.1) is 16.9 Å². The monoisotopic (exact) mass is 463 g/mol. The summed E-state index contributed by atoms with van der Waals surface area (Å²) in [6, 6.07) is 7.21. The molecule has 11 heteroatoms. The van der Waals surface area contributed by atoms with Crippen molar-refractivity contribution in [2.75, 3.05) is 0 Å². The van der Waals surface area contributed by atoms with Crippen molar-refractivity contribution >= 4 is 17.3 Å². The molecule has 3 atom stereocenters. The molecule has 1 aromatic rings. The van der Waals surface area contributed by atoms with Crippen LogP contribution in [-0.4, -0.2) is 24.8 Å². The zero-order valence-corrected chi connectivity index (χ0v) is 17.8.